The largest absolute Gasteiger partial charge is 0.387 e. The van der Waals surface area contributed by atoms with Crippen molar-refractivity contribution >= 4 is 17.3 Å². The van der Waals surface area contributed by atoms with Crippen LogP contribution in [0.5, 0.6) is 0 Å². The molecule has 0 amide bonds. The summed E-state index contributed by atoms with van der Waals surface area (Å²) in [6.45, 7) is 4.43. The zero-order valence-corrected chi connectivity index (χ0v) is 11.9. The number of anilines is 1. The van der Waals surface area contributed by atoms with E-state index in [4.69, 9.17) is 11.6 Å². The summed E-state index contributed by atoms with van der Waals surface area (Å²) in [5, 5.41) is 14.1. The van der Waals surface area contributed by atoms with Crippen molar-refractivity contribution in [3.63, 3.8) is 0 Å². The molecule has 0 saturated heterocycles. The standard InChI is InChI=1S/C16H18ClNO/c1-11-5-3-4-6-14(11)16(19)10-18-13-8-7-12(2)15(17)9-13/h3-9,16,18-19H,10H2,1-2H3. The van der Waals surface area contributed by atoms with Crippen molar-refractivity contribution in [2.45, 2.75) is 20.0 Å². The fourth-order valence-electron chi connectivity index (χ4n) is 1.99. The van der Waals surface area contributed by atoms with Crippen LogP contribution in [0.2, 0.25) is 5.02 Å². The van der Waals surface area contributed by atoms with Crippen LogP contribution in [0.4, 0.5) is 5.69 Å². The van der Waals surface area contributed by atoms with Crippen LogP contribution in [0.25, 0.3) is 0 Å². The van der Waals surface area contributed by atoms with Gasteiger partial charge in [0.05, 0.1) is 6.10 Å². The summed E-state index contributed by atoms with van der Waals surface area (Å²) >= 11 is 6.07. The van der Waals surface area contributed by atoms with E-state index in [2.05, 4.69) is 5.32 Å². The van der Waals surface area contributed by atoms with Gasteiger partial charge in [-0.05, 0) is 42.7 Å². The van der Waals surface area contributed by atoms with Crippen molar-refractivity contribution in [3.8, 4) is 0 Å². The van der Waals surface area contributed by atoms with Gasteiger partial charge in [0.25, 0.3) is 0 Å². The third kappa shape index (κ3) is 3.49. The van der Waals surface area contributed by atoms with E-state index in [1.54, 1.807) is 0 Å². The molecule has 2 N–H and O–H groups in total. The summed E-state index contributed by atoms with van der Waals surface area (Å²) in [7, 11) is 0. The first kappa shape index (κ1) is 13.9. The minimum absolute atomic E-state index is 0.463. The SMILES string of the molecule is Cc1ccc(NCC(O)c2ccccc2C)cc1Cl. The molecule has 0 spiro atoms. The molecule has 2 aromatic rings. The second-order valence-electron chi connectivity index (χ2n) is 4.72. The smallest absolute Gasteiger partial charge is 0.0964 e. The predicted octanol–water partition coefficient (Wildman–Crippen LogP) is 4.10. The highest BCUT2D eigenvalue weighted by Crippen LogP contribution is 2.22. The lowest BCUT2D eigenvalue weighted by molar-refractivity contribution is 0.191. The highest BCUT2D eigenvalue weighted by molar-refractivity contribution is 6.31. The second-order valence-corrected chi connectivity index (χ2v) is 5.12. The Morgan fingerprint density at radius 2 is 1.84 bits per heavy atom. The Hall–Kier alpha value is -1.51. The van der Waals surface area contributed by atoms with Gasteiger partial charge in [0.15, 0.2) is 0 Å². The average molecular weight is 276 g/mol. The monoisotopic (exact) mass is 275 g/mol. The van der Waals surface area contributed by atoms with Crippen LogP contribution in [-0.4, -0.2) is 11.7 Å². The maximum absolute atomic E-state index is 10.2. The van der Waals surface area contributed by atoms with Crippen LogP contribution in [-0.2, 0) is 0 Å². The molecule has 2 aromatic carbocycles. The molecule has 3 heteroatoms. The van der Waals surface area contributed by atoms with Gasteiger partial charge < -0.3 is 10.4 Å². The third-order valence-electron chi connectivity index (χ3n) is 3.22. The number of aryl methyl sites for hydroxylation is 2. The first-order valence-corrected chi connectivity index (χ1v) is 6.69. The Labute approximate surface area is 119 Å². The second kappa shape index (κ2) is 6.09. The van der Waals surface area contributed by atoms with Crippen molar-refractivity contribution in [1.29, 1.82) is 0 Å². The van der Waals surface area contributed by atoms with Crippen LogP contribution in [0.3, 0.4) is 0 Å². The fraction of sp³-hybridized carbons (Fsp3) is 0.250. The normalized spacial score (nSPS) is 12.2. The molecule has 0 aliphatic carbocycles. The zero-order chi connectivity index (χ0) is 13.8. The summed E-state index contributed by atoms with van der Waals surface area (Å²) < 4.78 is 0. The Morgan fingerprint density at radius 1 is 1.11 bits per heavy atom. The number of aliphatic hydroxyl groups excluding tert-OH is 1. The molecule has 0 heterocycles. The predicted molar refractivity (Wildman–Crippen MR) is 80.8 cm³/mol. The van der Waals surface area contributed by atoms with Gasteiger partial charge in [0.2, 0.25) is 0 Å². The van der Waals surface area contributed by atoms with Crippen molar-refractivity contribution in [3.05, 3.63) is 64.2 Å². The zero-order valence-electron chi connectivity index (χ0n) is 11.2. The minimum Gasteiger partial charge on any atom is -0.387 e. The number of benzene rings is 2. The number of hydrogen-bond acceptors (Lipinski definition) is 2. The Balaban J connectivity index is 2.02. The number of hydrogen-bond donors (Lipinski definition) is 2. The first-order valence-electron chi connectivity index (χ1n) is 6.31. The van der Waals surface area contributed by atoms with Crippen molar-refractivity contribution in [1.82, 2.24) is 0 Å². The maximum atomic E-state index is 10.2. The Morgan fingerprint density at radius 3 is 2.53 bits per heavy atom. The number of halogens is 1. The lowest BCUT2D eigenvalue weighted by Crippen LogP contribution is -2.13. The van der Waals surface area contributed by atoms with E-state index in [1.165, 1.54) is 0 Å². The highest BCUT2D eigenvalue weighted by atomic mass is 35.5. The van der Waals surface area contributed by atoms with E-state index in [0.29, 0.717) is 6.54 Å². The molecule has 0 bridgehead atoms. The molecule has 0 saturated carbocycles. The quantitative estimate of drug-likeness (QED) is 0.880. The van der Waals surface area contributed by atoms with Crippen molar-refractivity contribution in [2.24, 2.45) is 0 Å². The highest BCUT2D eigenvalue weighted by Gasteiger charge is 2.09. The van der Waals surface area contributed by atoms with E-state index < -0.39 is 6.10 Å². The van der Waals surface area contributed by atoms with E-state index in [0.717, 1.165) is 27.4 Å². The molecule has 0 aliphatic heterocycles. The van der Waals surface area contributed by atoms with E-state index in [9.17, 15) is 5.11 Å². The molecule has 1 unspecified atom stereocenters. The van der Waals surface area contributed by atoms with Gasteiger partial charge in [-0.2, -0.15) is 0 Å². The van der Waals surface area contributed by atoms with Crippen LogP contribution in [0.15, 0.2) is 42.5 Å². The molecule has 0 radical (unpaired) electrons. The van der Waals surface area contributed by atoms with Crippen LogP contribution in [0.1, 0.15) is 22.8 Å². The van der Waals surface area contributed by atoms with Crippen LogP contribution < -0.4 is 5.32 Å². The van der Waals surface area contributed by atoms with Crippen molar-refractivity contribution in [2.75, 3.05) is 11.9 Å². The molecule has 0 aromatic heterocycles. The number of aliphatic hydroxyl groups is 1. The molecule has 2 nitrogen and oxygen atoms in total. The summed E-state index contributed by atoms with van der Waals surface area (Å²) in [5.74, 6) is 0. The van der Waals surface area contributed by atoms with Gasteiger partial charge in [0.1, 0.15) is 0 Å². The van der Waals surface area contributed by atoms with Gasteiger partial charge in [-0.15, -0.1) is 0 Å². The third-order valence-corrected chi connectivity index (χ3v) is 3.63. The summed E-state index contributed by atoms with van der Waals surface area (Å²) in [4.78, 5) is 0. The Kier molecular flexibility index (Phi) is 4.46. The molecule has 0 fully saturated rings. The summed E-state index contributed by atoms with van der Waals surface area (Å²) in [6.07, 6.45) is -0.527. The van der Waals surface area contributed by atoms with E-state index in [1.807, 2.05) is 56.3 Å². The van der Waals surface area contributed by atoms with Gasteiger partial charge in [-0.25, -0.2) is 0 Å². The number of rotatable bonds is 4. The van der Waals surface area contributed by atoms with E-state index >= 15 is 0 Å². The molecule has 100 valence electrons. The topological polar surface area (TPSA) is 32.3 Å². The van der Waals surface area contributed by atoms with Gasteiger partial charge in [-0.3, -0.25) is 0 Å². The molecule has 19 heavy (non-hydrogen) atoms. The number of nitrogens with one attached hydrogen (secondary N) is 1. The lowest BCUT2D eigenvalue weighted by Gasteiger charge is -2.15. The van der Waals surface area contributed by atoms with Gasteiger partial charge in [-0.1, -0.05) is 41.9 Å². The van der Waals surface area contributed by atoms with Gasteiger partial charge in [0, 0.05) is 17.3 Å². The maximum Gasteiger partial charge on any atom is 0.0964 e. The van der Waals surface area contributed by atoms with Crippen LogP contribution >= 0.6 is 11.6 Å². The average Bonchev–Trinajstić information content (AvgIpc) is 2.40. The minimum atomic E-state index is -0.527. The first-order chi connectivity index (χ1) is 9.08. The lowest BCUT2D eigenvalue weighted by atomic mass is 10.0. The summed E-state index contributed by atoms with van der Waals surface area (Å²) in [6, 6.07) is 13.7. The molecule has 1 atom stereocenters. The summed E-state index contributed by atoms with van der Waals surface area (Å²) in [5.41, 5.74) is 4.02. The molecular weight excluding hydrogens is 258 g/mol. The van der Waals surface area contributed by atoms with E-state index in [-0.39, 0.29) is 0 Å². The van der Waals surface area contributed by atoms with Crippen molar-refractivity contribution < 1.29 is 5.11 Å². The molecule has 0 aliphatic rings. The van der Waals surface area contributed by atoms with Gasteiger partial charge >= 0.3 is 0 Å². The molecular formula is C16H18ClNO. The fourth-order valence-corrected chi connectivity index (χ4v) is 2.17. The Bertz CT molecular complexity index is 568. The molecule has 2 rings (SSSR count). The van der Waals surface area contributed by atoms with Crippen LogP contribution in [0, 0.1) is 13.8 Å².